The van der Waals surface area contributed by atoms with Crippen LogP contribution in [0.2, 0.25) is 0 Å². The van der Waals surface area contributed by atoms with Gasteiger partial charge >= 0.3 is 0 Å². The summed E-state index contributed by atoms with van der Waals surface area (Å²) in [7, 11) is 0. The first kappa shape index (κ1) is 10.9. The van der Waals surface area contributed by atoms with Crippen molar-refractivity contribution in [1.29, 1.82) is 0 Å². The van der Waals surface area contributed by atoms with E-state index in [9.17, 15) is 0 Å². The molecule has 1 atom stereocenters. The van der Waals surface area contributed by atoms with Crippen LogP contribution >= 0.6 is 12.2 Å². The fourth-order valence-electron chi connectivity index (χ4n) is 1.67. The van der Waals surface area contributed by atoms with E-state index in [2.05, 4.69) is 0 Å². The summed E-state index contributed by atoms with van der Waals surface area (Å²) in [5.74, 6) is 0. The summed E-state index contributed by atoms with van der Waals surface area (Å²) in [6.45, 7) is 0. The predicted octanol–water partition coefficient (Wildman–Crippen LogP) is 1.50. The molecule has 0 saturated heterocycles. The Labute approximate surface area is 99.6 Å². The molecular weight excluding hydrogens is 218 g/mol. The minimum Gasteiger partial charge on any atom is -0.399 e. The smallest absolute Gasteiger partial charge is 0.0593 e. The summed E-state index contributed by atoms with van der Waals surface area (Å²) >= 11 is 5.29. The molecule has 1 aliphatic carbocycles. The Balaban J connectivity index is 2.49. The average Bonchev–Trinajstić information content (AvgIpc) is 2.23. The lowest BCUT2D eigenvalue weighted by Gasteiger charge is -2.18. The van der Waals surface area contributed by atoms with Gasteiger partial charge in [-0.1, -0.05) is 36.5 Å². The molecule has 1 aromatic carbocycles. The highest BCUT2D eigenvalue weighted by atomic mass is 32.1. The maximum atomic E-state index is 5.91. The van der Waals surface area contributed by atoms with Crippen molar-refractivity contribution in [3.8, 4) is 0 Å². The zero-order valence-electron chi connectivity index (χ0n) is 8.68. The van der Waals surface area contributed by atoms with Gasteiger partial charge in [-0.05, 0) is 17.7 Å². The Kier molecular flexibility index (Phi) is 2.77. The van der Waals surface area contributed by atoms with Crippen molar-refractivity contribution in [2.45, 2.75) is 6.04 Å². The summed E-state index contributed by atoms with van der Waals surface area (Å²) in [4.78, 5) is 0.707. The SMILES string of the molecule is Nc1ccc(C2=CC=CC(N)C2=S)c(N)c1. The Morgan fingerprint density at radius 3 is 2.62 bits per heavy atom. The number of hydrogen-bond acceptors (Lipinski definition) is 4. The van der Waals surface area contributed by atoms with E-state index in [4.69, 9.17) is 29.4 Å². The maximum Gasteiger partial charge on any atom is 0.0593 e. The monoisotopic (exact) mass is 231 g/mol. The summed E-state index contributed by atoms with van der Waals surface area (Å²) in [6, 6.07) is 5.18. The van der Waals surface area contributed by atoms with Gasteiger partial charge in [0.15, 0.2) is 0 Å². The third-order valence-electron chi connectivity index (χ3n) is 2.52. The van der Waals surface area contributed by atoms with Crippen LogP contribution in [-0.2, 0) is 0 Å². The first-order valence-electron chi connectivity index (χ1n) is 4.93. The van der Waals surface area contributed by atoms with Crippen molar-refractivity contribution >= 4 is 34.0 Å². The maximum absolute atomic E-state index is 5.91. The van der Waals surface area contributed by atoms with Crippen LogP contribution in [0.3, 0.4) is 0 Å². The Bertz CT molecular complexity index is 503. The van der Waals surface area contributed by atoms with Gasteiger partial charge in [-0.15, -0.1) is 0 Å². The van der Waals surface area contributed by atoms with Gasteiger partial charge in [-0.25, -0.2) is 0 Å². The molecule has 3 nitrogen and oxygen atoms in total. The molecular formula is C12H13N3S. The van der Waals surface area contributed by atoms with Crippen LogP contribution in [0.25, 0.3) is 5.57 Å². The van der Waals surface area contributed by atoms with Crippen LogP contribution in [0, 0.1) is 0 Å². The highest BCUT2D eigenvalue weighted by molar-refractivity contribution is 7.81. The van der Waals surface area contributed by atoms with E-state index >= 15 is 0 Å². The van der Waals surface area contributed by atoms with Crippen molar-refractivity contribution in [1.82, 2.24) is 0 Å². The Morgan fingerprint density at radius 1 is 1.19 bits per heavy atom. The number of allylic oxidation sites excluding steroid dienone is 2. The number of benzene rings is 1. The lowest BCUT2D eigenvalue weighted by Crippen LogP contribution is -2.29. The molecule has 0 bridgehead atoms. The van der Waals surface area contributed by atoms with E-state index in [1.165, 1.54) is 0 Å². The molecule has 4 heteroatoms. The van der Waals surface area contributed by atoms with Crippen molar-refractivity contribution in [2.24, 2.45) is 5.73 Å². The number of thiocarbonyl (C=S) groups is 1. The second kappa shape index (κ2) is 4.08. The average molecular weight is 231 g/mol. The summed E-state index contributed by atoms with van der Waals surface area (Å²) < 4.78 is 0. The molecule has 1 aliphatic rings. The molecule has 16 heavy (non-hydrogen) atoms. The van der Waals surface area contributed by atoms with Crippen LogP contribution in [-0.4, -0.2) is 10.9 Å². The molecule has 0 heterocycles. The first-order valence-corrected chi connectivity index (χ1v) is 5.34. The molecule has 1 aromatic rings. The molecule has 0 amide bonds. The fourth-order valence-corrected chi connectivity index (χ4v) is 1.93. The molecule has 0 aromatic heterocycles. The largest absolute Gasteiger partial charge is 0.399 e. The predicted molar refractivity (Wildman–Crippen MR) is 73.0 cm³/mol. The lowest BCUT2D eigenvalue weighted by atomic mass is 9.93. The van der Waals surface area contributed by atoms with Crippen LogP contribution in [0.1, 0.15) is 5.56 Å². The highest BCUT2D eigenvalue weighted by Gasteiger charge is 2.17. The second-order valence-corrected chi connectivity index (χ2v) is 4.14. The van der Waals surface area contributed by atoms with Gasteiger partial charge in [0.1, 0.15) is 0 Å². The van der Waals surface area contributed by atoms with E-state index in [1.807, 2.05) is 24.3 Å². The summed E-state index contributed by atoms with van der Waals surface area (Å²) in [5, 5.41) is 0. The minimum absolute atomic E-state index is 0.216. The van der Waals surface area contributed by atoms with Crippen LogP contribution in [0.4, 0.5) is 11.4 Å². The quantitative estimate of drug-likeness (QED) is 0.505. The third kappa shape index (κ3) is 1.85. The normalized spacial score (nSPS) is 19.7. The molecule has 2 rings (SSSR count). The van der Waals surface area contributed by atoms with E-state index in [-0.39, 0.29) is 6.04 Å². The van der Waals surface area contributed by atoms with Crippen molar-refractivity contribution in [3.63, 3.8) is 0 Å². The van der Waals surface area contributed by atoms with E-state index in [0.29, 0.717) is 16.2 Å². The molecule has 0 radical (unpaired) electrons. The van der Waals surface area contributed by atoms with Gasteiger partial charge in [0.2, 0.25) is 0 Å². The molecule has 0 aliphatic heterocycles. The van der Waals surface area contributed by atoms with Gasteiger partial charge in [0.05, 0.1) is 6.04 Å². The first-order chi connectivity index (χ1) is 7.59. The van der Waals surface area contributed by atoms with Crippen LogP contribution in [0.15, 0.2) is 36.4 Å². The fraction of sp³-hybridized carbons (Fsp3) is 0.0833. The second-order valence-electron chi connectivity index (χ2n) is 3.70. The van der Waals surface area contributed by atoms with Gasteiger partial charge in [-0.2, -0.15) is 0 Å². The number of hydrogen-bond donors (Lipinski definition) is 3. The van der Waals surface area contributed by atoms with Gasteiger partial charge in [0.25, 0.3) is 0 Å². The molecule has 82 valence electrons. The molecule has 6 N–H and O–H groups in total. The Hall–Kier alpha value is -1.65. The van der Waals surface area contributed by atoms with Gasteiger partial charge in [-0.3, -0.25) is 0 Å². The summed E-state index contributed by atoms with van der Waals surface area (Å²) in [6.07, 6.45) is 5.68. The number of anilines is 2. The zero-order valence-corrected chi connectivity index (χ0v) is 9.50. The molecule has 0 saturated carbocycles. The molecule has 1 unspecified atom stereocenters. The highest BCUT2D eigenvalue weighted by Crippen LogP contribution is 2.27. The summed E-state index contributed by atoms with van der Waals surface area (Å²) in [5.41, 5.74) is 20.5. The number of rotatable bonds is 1. The van der Waals surface area contributed by atoms with E-state index in [1.54, 1.807) is 12.1 Å². The van der Waals surface area contributed by atoms with Gasteiger partial charge in [0, 0.05) is 21.8 Å². The Morgan fingerprint density at radius 2 is 1.94 bits per heavy atom. The van der Waals surface area contributed by atoms with E-state index in [0.717, 1.165) is 11.1 Å². The lowest BCUT2D eigenvalue weighted by molar-refractivity contribution is 1.10. The van der Waals surface area contributed by atoms with Gasteiger partial charge < -0.3 is 17.2 Å². The third-order valence-corrected chi connectivity index (χ3v) is 3.01. The van der Waals surface area contributed by atoms with Crippen molar-refractivity contribution in [2.75, 3.05) is 11.5 Å². The number of nitrogens with two attached hydrogens (primary N) is 3. The molecule has 0 fully saturated rings. The zero-order chi connectivity index (χ0) is 11.7. The topological polar surface area (TPSA) is 78.1 Å². The van der Waals surface area contributed by atoms with E-state index < -0.39 is 0 Å². The molecule has 0 spiro atoms. The standard InChI is InChI=1S/C12H13N3S/c13-7-4-5-8(11(15)6-7)9-2-1-3-10(14)12(9)16/h1-6,10H,13-15H2. The van der Waals surface area contributed by atoms with Crippen molar-refractivity contribution in [3.05, 3.63) is 42.0 Å². The van der Waals surface area contributed by atoms with Crippen LogP contribution in [0.5, 0.6) is 0 Å². The van der Waals surface area contributed by atoms with Crippen molar-refractivity contribution < 1.29 is 0 Å². The minimum atomic E-state index is -0.216. The number of nitrogen functional groups attached to an aromatic ring is 2. The van der Waals surface area contributed by atoms with Crippen LogP contribution < -0.4 is 17.2 Å².